The Morgan fingerprint density at radius 1 is 1.15 bits per heavy atom. The predicted molar refractivity (Wildman–Crippen MR) is 125 cm³/mol. The van der Waals surface area contributed by atoms with Crippen LogP contribution in [0.4, 0.5) is 0 Å². The summed E-state index contributed by atoms with van der Waals surface area (Å²) in [5.41, 5.74) is 0.997. The Hall–Kier alpha value is -3.16. The minimum atomic E-state index is -0.898. The molecule has 2 unspecified atom stereocenters. The number of nitrogens with one attached hydrogen (secondary N) is 1. The maximum absolute atomic E-state index is 13.6. The van der Waals surface area contributed by atoms with E-state index in [0.29, 0.717) is 17.0 Å². The molecule has 8 nitrogen and oxygen atoms in total. The number of benzene rings is 1. The number of ether oxygens (including phenoxy) is 2. The number of methoxy groups -OCH3 is 1. The molecule has 1 amide bonds. The number of hydrogen-bond donors (Lipinski definition) is 2. The normalized spacial score (nSPS) is 19.6. The van der Waals surface area contributed by atoms with Crippen LogP contribution >= 0.6 is 0 Å². The van der Waals surface area contributed by atoms with Crippen LogP contribution in [0.1, 0.15) is 59.9 Å². The Bertz CT molecular complexity index is 987. The second kappa shape index (κ2) is 10.2. The summed E-state index contributed by atoms with van der Waals surface area (Å²) in [6.45, 7) is 12.3. The van der Waals surface area contributed by atoms with Crippen LogP contribution in [0.25, 0.3) is 0 Å². The number of esters is 2. The number of rotatable bonds is 6. The molecule has 180 valence electrons. The molecule has 0 aliphatic carbocycles. The van der Waals surface area contributed by atoms with Crippen LogP contribution in [0, 0.1) is 11.8 Å². The molecular weight excluding hydrogens is 424 g/mol. The van der Waals surface area contributed by atoms with E-state index in [4.69, 9.17) is 9.47 Å². The van der Waals surface area contributed by atoms with Crippen LogP contribution < -0.4 is 5.32 Å². The number of phenolic OH excluding ortho intramolecular Hbond substituents is 1. The molecule has 1 aliphatic rings. The van der Waals surface area contributed by atoms with Gasteiger partial charge < -0.3 is 19.9 Å². The van der Waals surface area contributed by atoms with E-state index < -0.39 is 41.3 Å². The average Bonchev–Trinajstić information content (AvgIpc) is 2.69. The third-order valence-electron chi connectivity index (χ3n) is 5.37. The Balaban J connectivity index is 2.54. The van der Waals surface area contributed by atoms with Crippen molar-refractivity contribution in [2.24, 2.45) is 16.8 Å². The van der Waals surface area contributed by atoms with E-state index in [2.05, 4.69) is 10.3 Å². The zero-order valence-corrected chi connectivity index (χ0v) is 20.6. The molecule has 0 aromatic heterocycles. The van der Waals surface area contributed by atoms with Crippen molar-refractivity contribution in [1.82, 2.24) is 5.32 Å². The van der Waals surface area contributed by atoms with Gasteiger partial charge in [-0.05, 0) is 58.2 Å². The van der Waals surface area contributed by atoms with Crippen molar-refractivity contribution in [3.05, 3.63) is 41.1 Å². The molecule has 0 spiro atoms. The maximum atomic E-state index is 13.6. The second-order valence-corrected chi connectivity index (χ2v) is 9.55. The van der Waals surface area contributed by atoms with Gasteiger partial charge in [0, 0.05) is 22.9 Å². The molecule has 2 rings (SSSR count). The van der Waals surface area contributed by atoms with Crippen molar-refractivity contribution in [2.75, 3.05) is 7.11 Å². The summed E-state index contributed by atoms with van der Waals surface area (Å²) >= 11 is 0. The number of nitrogens with zero attached hydrogens (tertiary/aromatic N) is 1. The molecule has 1 aliphatic heterocycles. The van der Waals surface area contributed by atoms with Crippen LogP contribution in [0.15, 0.2) is 40.5 Å². The summed E-state index contributed by atoms with van der Waals surface area (Å²) in [4.78, 5) is 43.5. The summed E-state index contributed by atoms with van der Waals surface area (Å²) in [5.74, 6) is -3.48. The number of hydrogen-bond acceptors (Lipinski definition) is 7. The Kier molecular flexibility index (Phi) is 8.06. The molecule has 0 fully saturated rings. The first-order valence-corrected chi connectivity index (χ1v) is 10.9. The van der Waals surface area contributed by atoms with E-state index in [1.807, 2.05) is 13.8 Å². The Labute approximate surface area is 195 Å². The molecule has 1 aromatic rings. The molecule has 0 bridgehead atoms. The minimum Gasteiger partial charge on any atom is -0.508 e. The molecule has 0 radical (unpaired) electrons. The minimum absolute atomic E-state index is 0.00232. The van der Waals surface area contributed by atoms with Gasteiger partial charge in [-0.2, -0.15) is 0 Å². The molecule has 0 saturated heterocycles. The first-order valence-electron chi connectivity index (χ1n) is 10.9. The average molecular weight is 459 g/mol. The topological polar surface area (TPSA) is 114 Å². The molecule has 3 atom stereocenters. The van der Waals surface area contributed by atoms with E-state index in [-0.39, 0.29) is 17.2 Å². The van der Waals surface area contributed by atoms with Crippen molar-refractivity contribution < 1.29 is 29.0 Å². The highest BCUT2D eigenvalue weighted by atomic mass is 16.6. The maximum Gasteiger partial charge on any atom is 0.329 e. The molecule has 33 heavy (non-hydrogen) atoms. The first-order chi connectivity index (χ1) is 15.3. The third kappa shape index (κ3) is 6.21. The van der Waals surface area contributed by atoms with Crippen LogP contribution in [0.3, 0.4) is 0 Å². The SMILES string of the molecule is COC(=O)C1C(C)=NC(C)=C(C(=O)N[C@H](C(=O)OC(C)(C)C)C(C)C)C1c1cccc(O)c1. The quantitative estimate of drug-likeness (QED) is 0.631. The molecular formula is C25H34N2O6. The molecule has 8 heteroatoms. The fourth-order valence-corrected chi connectivity index (χ4v) is 3.93. The Morgan fingerprint density at radius 2 is 1.79 bits per heavy atom. The van der Waals surface area contributed by atoms with E-state index >= 15 is 0 Å². The van der Waals surface area contributed by atoms with Crippen LogP contribution in [-0.2, 0) is 23.9 Å². The van der Waals surface area contributed by atoms with Gasteiger partial charge in [0.2, 0.25) is 5.91 Å². The standard InChI is InChI=1S/C25H34N2O6/c1-13(2)21(24(31)33-25(5,6)7)27-22(29)18-14(3)26-15(4)19(23(30)32-8)20(18)16-10-9-11-17(28)12-16/h9-13,19-21,28H,1-8H3,(H,27,29)/t19?,20?,21-/m0/s1. The number of aliphatic imine (C=N–C) groups is 1. The van der Waals surface area contributed by atoms with E-state index in [0.717, 1.165) is 0 Å². The zero-order chi connectivity index (χ0) is 25.1. The summed E-state index contributed by atoms with van der Waals surface area (Å²) in [6, 6.07) is 5.49. The van der Waals surface area contributed by atoms with Gasteiger partial charge in [-0.15, -0.1) is 0 Å². The number of carbonyl (C=O) groups excluding carboxylic acids is 3. The predicted octanol–water partition coefficient (Wildman–Crippen LogP) is 3.50. The number of aromatic hydroxyl groups is 1. The van der Waals surface area contributed by atoms with Gasteiger partial charge in [0.05, 0.1) is 7.11 Å². The van der Waals surface area contributed by atoms with Crippen molar-refractivity contribution in [2.45, 2.75) is 66.0 Å². The highest BCUT2D eigenvalue weighted by Crippen LogP contribution is 2.40. The van der Waals surface area contributed by atoms with Crippen LogP contribution in [0.5, 0.6) is 5.75 Å². The van der Waals surface area contributed by atoms with Crippen LogP contribution in [-0.4, -0.2) is 47.4 Å². The van der Waals surface area contributed by atoms with Gasteiger partial charge in [-0.25, -0.2) is 4.79 Å². The monoisotopic (exact) mass is 458 g/mol. The fraction of sp³-hybridized carbons (Fsp3) is 0.520. The van der Waals surface area contributed by atoms with Crippen molar-refractivity contribution in [3.8, 4) is 5.75 Å². The van der Waals surface area contributed by atoms with Crippen molar-refractivity contribution in [3.63, 3.8) is 0 Å². The van der Waals surface area contributed by atoms with Gasteiger partial charge in [0.15, 0.2) is 0 Å². The summed E-state index contributed by atoms with van der Waals surface area (Å²) in [5, 5.41) is 12.8. The molecule has 1 aromatic carbocycles. The lowest BCUT2D eigenvalue weighted by Gasteiger charge is -2.33. The van der Waals surface area contributed by atoms with Gasteiger partial charge in [0.1, 0.15) is 23.3 Å². The van der Waals surface area contributed by atoms with Gasteiger partial charge in [0.25, 0.3) is 0 Å². The van der Waals surface area contributed by atoms with Crippen molar-refractivity contribution in [1.29, 1.82) is 0 Å². The van der Waals surface area contributed by atoms with Gasteiger partial charge in [-0.3, -0.25) is 14.6 Å². The molecule has 2 N–H and O–H groups in total. The van der Waals surface area contributed by atoms with Crippen molar-refractivity contribution >= 4 is 23.6 Å². The highest BCUT2D eigenvalue weighted by Gasteiger charge is 2.42. The lowest BCUT2D eigenvalue weighted by atomic mass is 9.75. The second-order valence-electron chi connectivity index (χ2n) is 9.55. The number of carbonyl (C=O) groups is 3. The summed E-state index contributed by atoms with van der Waals surface area (Å²) < 4.78 is 10.5. The molecule has 0 saturated carbocycles. The lowest BCUT2D eigenvalue weighted by Crippen LogP contribution is -2.49. The number of amides is 1. The van der Waals surface area contributed by atoms with E-state index in [1.54, 1.807) is 46.8 Å². The van der Waals surface area contributed by atoms with E-state index in [9.17, 15) is 19.5 Å². The summed E-state index contributed by atoms with van der Waals surface area (Å²) in [7, 11) is 1.28. The fourth-order valence-electron chi connectivity index (χ4n) is 3.93. The first kappa shape index (κ1) is 26.1. The number of allylic oxidation sites excluding steroid dienone is 1. The largest absolute Gasteiger partial charge is 0.508 e. The third-order valence-corrected chi connectivity index (χ3v) is 5.37. The van der Waals surface area contributed by atoms with E-state index in [1.165, 1.54) is 19.2 Å². The Morgan fingerprint density at radius 3 is 2.30 bits per heavy atom. The summed E-state index contributed by atoms with van der Waals surface area (Å²) in [6.07, 6.45) is 0. The van der Waals surface area contributed by atoms with Gasteiger partial charge in [-0.1, -0.05) is 26.0 Å². The number of phenols is 1. The van der Waals surface area contributed by atoms with Crippen LogP contribution in [0.2, 0.25) is 0 Å². The molecule has 1 heterocycles. The van der Waals surface area contributed by atoms with Gasteiger partial charge >= 0.3 is 11.9 Å². The lowest BCUT2D eigenvalue weighted by molar-refractivity contribution is -0.159. The smallest absolute Gasteiger partial charge is 0.329 e. The zero-order valence-electron chi connectivity index (χ0n) is 20.6. The highest BCUT2D eigenvalue weighted by molar-refractivity contribution is 6.08.